The minimum Gasteiger partial charge on any atom is -0.341 e. The summed E-state index contributed by atoms with van der Waals surface area (Å²) in [5.74, 6) is 0.142. The molecule has 0 unspecified atom stereocenters. The Kier molecular flexibility index (Phi) is 7.41. The van der Waals surface area contributed by atoms with Crippen LogP contribution < -0.4 is 5.73 Å². The van der Waals surface area contributed by atoms with Crippen LogP contribution in [0.25, 0.3) is 0 Å². The van der Waals surface area contributed by atoms with Gasteiger partial charge in [-0.05, 0) is 32.8 Å². The van der Waals surface area contributed by atoms with Crippen molar-refractivity contribution in [3.8, 4) is 0 Å². The molecule has 0 aromatic carbocycles. The molecule has 0 saturated carbocycles. The average Bonchev–Trinajstić information content (AvgIpc) is 2.58. The minimum atomic E-state index is 0. The molecule has 1 amide bonds. The summed E-state index contributed by atoms with van der Waals surface area (Å²) >= 11 is 0. The Morgan fingerprint density at radius 1 is 1.37 bits per heavy atom. The van der Waals surface area contributed by atoms with Gasteiger partial charge in [0.25, 0.3) is 0 Å². The number of nitrogens with two attached hydrogens (primary N) is 1. The number of halogens is 2. The summed E-state index contributed by atoms with van der Waals surface area (Å²) in [4.78, 5) is 13.9. The third-order valence-corrected chi connectivity index (χ3v) is 3.28. The maximum atomic E-state index is 12.1. The predicted octanol–water partition coefficient (Wildman–Crippen LogP) is 1.29. The molecule has 1 aromatic heterocycles. The summed E-state index contributed by atoms with van der Waals surface area (Å²) in [6.45, 7) is 5.81. The summed E-state index contributed by atoms with van der Waals surface area (Å²) in [7, 11) is 0. The van der Waals surface area contributed by atoms with Crippen molar-refractivity contribution in [3.63, 3.8) is 0 Å². The Balaban J connectivity index is 0.00000162. The van der Waals surface area contributed by atoms with E-state index in [0.717, 1.165) is 37.3 Å². The number of carbonyl (C=O) groups is 1. The molecular weight excluding hydrogens is 287 g/mol. The van der Waals surface area contributed by atoms with Gasteiger partial charge in [-0.15, -0.1) is 24.8 Å². The first-order valence-corrected chi connectivity index (χ1v) is 6.10. The number of aromatic nitrogens is 2. The molecule has 2 N–H and O–H groups in total. The number of nitrogens with zero attached hydrogens (tertiary/aromatic N) is 3. The quantitative estimate of drug-likeness (QED) is 0.895. The SMILES string of the molecule is Cc1cc(C)n(CC(=O)N2CCC(N)CC2)n1.Cl.Cl. The number of likely N-dealkylation sites (tertiary alicyclic amines) is 1. The lowest BCUT2D eigenvalue weighted by atomic mass is 10.1. The van der Waals surface area contributed by atoms with Crippen molar-refractivity contribution in [2.24, 2.45) is 5.73 Å². The molecule has 110 valence electrons. The van der Waals surface area contributed by atoms with Crippen molar-refractivity contribution in [1.29, 1.82) is 0 Å². The zero-order valence-corrected chi connectivity index (χ0v) is 13.0. The Bertz CT molecular complexity index is 414. The smallest absolute Gasteiger partial charge is 0.244 e. The number of rotatable bonds is 2. The molecule has 5 nitrogen and oxygen atoms in total. The van der Waals surface area contributed by atoms with Crippen molar-refractivity contribution in [3.05, 3.63) is 17.5 Å². The highest BCUT2D eigenvalue weighted by molar-refractivity contribution is 5.85. The summed E-state index contributed by atoms with van der Waals surface area (Å²) in [5, 5.41) is 4.30. The van der Waals surface area contributed by atoms with Crippen molar-refractivity contribution in [2.75, 3.05) is 13.1 Å². The zero-order chi connectivity index (χ0) is 12.4. The maximum Gasteiger partial charge on any atom is 0.244 e. The van der Waals surface area contributed by atoms with E-state index in [1.54, 1.807) is 4.68 Å². The van der Waals surface area contributed by atoms with Gasteiger partial charge in [-0.25, -0.2) is 0 Å². The first-order chi connectivity index (χ1) is 8.06. The Morgan fingerprint density at radius 3 is 2.42 bits per heavy atom. The molecule has 0 aliphatic carbocycles. The van der Waals surface area contributed by atoms with Gasteiger partial charge >= 0.3 is 0 Å². The van der Waals surface area contributed by atoms with E-state index in [9.17, 15) is 4.79 Å². The summed E-state index contributed by atoms with van der Waals surface area (Å²) in [6.07, 6.45) is 1.81. The Labute approximate surface area is 126 Å². The predicted molar refractivity (Wildman–Crippen MR) is 80.0 cm³/mol. The lowest BCUT2D eigenvalue weighted by Gasteiger charge is -2.30. The molecule has 0 radical (unpaired) electrons. The fraction of sp³-hybridized carbons (Fsp3) is 0.667. The van der Waals surface area contributed by atoms with Gasteiger partial charge in [0.15, 0.2) is 0 Å². The molecule has 1 aliphatic heterocycles. The van der Waals surface area contributed by atoms with Crippen LogP contribution >= 0.6 is 24.8 Å². The average molecular weight is 309 g/mol. The highest BCUT2D eigenvalue weighted by atomic mass is 35.5. The van der Waals surface area contributed by atoms with Crippen LogP contribution in [0.1, 0.15) is 24.2 Å². The van der Waals surface area contributed by atoms with Crippen molar-refractivity contribution < 1.29 is 4.79 Å². The van der Waals surface area contributed by atoms with Gasteiger partial charge in [0, 0.05) is 24.8 Å². The van der Waals surface area contributed by atoms with E-state index in [2.05, 4.69) is 5.10 Å². The third-order valence-electron chi connectivity index (χ3n) is 3.28. The van der Waals surface area contributed by atoms with E-state index in [0.29, 0.717) is 6.54 Å². The van der Waals surface area contributed by atoms with Gasteiger partial charge in [-0.3, -0.25) is 9.48 Å². The summed E-state index contributed by atoms with van der Waals surface area (Å²) < 4.78 is 1.77. The fourth-order valence-electron chi connectivity index (χ4n) is 2.21. The molecule has 1 saturated heterocycles. The van der Waals surface area contributed by atoms with Gasteiger partial charge in [0.2, 0.25) is 5.91 Å². The fourth-order valence-corrected chi connectivity index (χ4v) is 2.21. The molecule has 7 heteroatoms. The van der Waals surface area contributed by atoms with E-state index in [1.165, 1.54) is 0 Å². The molecule has 1 aliphatic rings. The van der Waals surface area contributed by atoms with E-state index in [1.807, 2.05) is 24.8 Å². The second-order valence-electron chi connectivity index (χ2n) is 4.80. The summed E-state index contributed by atoms with van der Waals surface area (Å²) in [5.41, 5.74) is 7.81. The van der Waals surface area contributed by atoms with Crippen LogP contribution in [0.5, 0.6) is 0 Å². The number of hydrogen-bond acceptors (Lipinski definition) is 3. The van der Waals surface area contributed by atoms with Crippen LogP contribution in [0.15, 0.2) is 6.07 Å². The maximum absolute atomic E-state index is 12.1. The largest absolute Gasteiger partial charge is 0.341 e. The first-order valence-electron chi connectivity index (χ1n) is 6.10. The highest BCUT2D eigenvalue weighted by Crippen LogP contribution is 2.10. The monoisotopic (exact) mass is 308 g/mol. The van der Waals surface area contributed by atoms with Gasteiger partial charge in [-0.2, -0.15) is 5.10 Å². The van der Waals surface area contributed by atoms with E-state index in [-0.39, 0.29) is 36.8 Å². The van der Waals surface area contributed by atoms with Crippen LogP contribution in [0, 0.1) is 13.8 Å². The van der Waals surface area contributed by atoms with E-state index < -0.39 is 0 Å². The lowest BCUT2D eigenvalue weighted by Crippen LogP contribution is -2.44. The third kappa shape index (κ3) is 4.67. The summed E-state index contributed by atoms with van der Waals surface area (Å²) in [6, 6.07) is 2.24. The molecule has 19 heavy (non-hydrogen) atoms. The number of amides is 1. The molecule has 0 bridgehead atoms. The van der Waals surface area contributed by atoms with Gasteiger partial charge in [-0.1, -0.05) is 0 Å². The first kappa shape index (κ1) is 18.2. The number of hydrogen-bond donors (Lipinski definition) is 1. The second-order valence-corrected chi connectivity index (χ2v) is 4.80. The Hall–Kier alpha value is -0.780. The van der Waals surface area contributed by atoms with E-state index >= 15 is 0 Å². The topological polar surface area (TPSA) is 64.2 Å². The van der Waals surface area contributed by atoms with Crippen molar-refractivity contribution in [2.45, 2.75) is 39.3 Å². The van der Waals surface area contributed by atoms with Gasteiger partial charge in [0.05, 0.1) is 5.69 Å². The number of carbonyl (C=O) groups excluding carboxylic acids is 1. The van der Waals surface area contributed by atoms with Crippen LogP contribution in [0.3, 0.4) is 0 Å². The standard InChI is InChI=1S/C12H20N4O.2ClH/c1-9-7-10(2)16(14-9)8-12(17)15-5-3-11(13)4-6-15;;/h7,11H,3-6,8,13H2,1-2H3;2*1H. The molecule has 1 fully saturated rings. The highest BCUT2D eigenvalue weighted by Gasteiger charge is 2.21. The van der Waals surface area contributed by atoms with Gasteiger partial charge < -0.3 is 10.6 Å². The van der Waals surface area contributed by atoms with Crippen molar-refractivity contribution in [1.82, 2.24) is 14.7 Å². The molecule has 0 spiro atoms. The van der Waals surface area contributed by atoms with Gasteiger partial charge in [0.1, 0.15) is 6.54 Å². The molecular formula is C12H22Cl2N4O. The van der Waals surface area contributed by atoms with Crippen LogP contribution in [-0.2, 0) is 11.3 Å². The van der Waals surface area contributed by atoms with Crippen LogP contribution in [0.2, 0.25) is 0 Å². The van der Waals surface area contributed by atoms with Crippen LogP contribution in [0.4, 0.5) is 0 Å². The molecule has 1 aromatic rings. The number of piperidine rings is 1. The molecule has 2 heterocycles. The Morgan fingerprint density at radius 2 is 1.95 bits per heavy atom. The van der Waals surface area contributed by atoms with Crippen molar-refractivity contribution >= 4 is 30.7 Å². The zero-order valence-electron chi connectivity index (χ0n) is 11.3. The molecule has 2 rings (SSSR count). The molecule has 0 atom stereocenters. The van der Waals surface area contributed by atoms with Crippen LogP contribution in [-0.4, -0.2) is 39.7 Å². The lowest BCUT2D eigenvalue weighted by molar-refractivity contribution is -0.133. The minimum absolute atomic E-state index is 0. The second kappa shape index (κ2) is 7.72. The normalized spacial score (nSPS) is 15.6. The van der Waals surface area contributed by atoms with E-state index in [4.69, 9.17) is 5.73 Å². The number of aryl methyl sites for hydroxylation is 2.